The van der Waals surface area contributed by atoms with Crippen LogP contribution in [0.25, 0.3) is 0 Å². The molecule has 7 heteroatoms. The third-order valence-corrected chi connectivity index (χ3v) is 4.01. The molecule has 1 unspecified atom stereocenters. The summed E-state index contributed by atoms with van der Waals surface area (Å²) in [6.45, 7) is 1.19. The first-order chi connectivity index (χ1) is 11.1. The van der Waals surface area contributed by atoms with Gasteiger partial charge >= 0.3 is 5.97 Å². The Bertz CT molecular complexity index is 698. The molecule has 3 heterocycles. The molecule has 0 aromatic carbocycles. The Hall–Kier alpha value is -2.70. The number of hydrogen-bond donors (Lipinski definition) is 1. The normalized spacial score (nSPS) is 17.9. The fraction of sp³-hybridized carbons (Fsp3) is 0.375. The summed E-state index contributed by atoms with van der Waals surface area (Å²) in [5, 5.41) is 13.1. The van der Waals surface area contributed by atoms with E-state index < -0.39 is 5.97 Å². The van der Waals surface area contributed by atoms with Crippen LogP contribution in [-0.2, 0) is 11.3 Å². The minimum atomic E-state index is -0.919. The molecule has 1 saturated heterocycles. The highest BCUT2D eigenvalue weighted by atomic mass is 16.4. The molecule has 1 N–H and O–H groups in total. The SMILES string of the molecule is O=C(O)Cn1ccc(C2CCCN(C(=O)c3ccncc3)C2)n1. The number of aromatic nitrogens is 3. The van der Waals surface area contributed by atoms with Crippen molar-refractivity contribution in [3.8, 4) is 0 Å². The van der Waals surface area contributed by atoms with Gasteiger partial charge in [0.1, 0.15) is 6.54 Å². The predicted molar refractivity (Wildman–Crippen MR) is 82.0 cm³/mol. The van der Waals surface area contributed by atoms with Crippen molar-refractivity contribution >= 4 is 11.9 Å². The number of carboxylic acid groups (broad SMARTS) is 1. The molecule has 2 aromatic heterocycles. The van der Waals surface area contributed by atoms with Crippen molar-refractivity contribution in [2.75, 3.05) is 13.1 Å². The van der Waals surface area contributed by atoms with Gasteiger partial charge < -0.3 is 10.0 Å². The van der Waals surface area contributed by atoms with Crippen molar-refractivity contribution < 1.29 is 14.7 Å². The molecule has 0 bridgehead atoms. The van der Waals surface area contributed by atoms with Crippen LogP contribution in [0.5, 0.6) is 0 Å². The number of rotatable bonds is 4. The third-order valence-electron chi connectivity index (χ3n) is 4.01. The van der Waals surface area contributed by atoms with Crippen LogP contribution in [0.4, 0.5) is 0 Å². The van der Waals surface area contributed by atoms with Crippen molar-refractivity contribution in [2.24, 2.45) is 0 Å². The maximum Gasteiger partial charge on any atom is 0.325 e. The maximum absolute atomic E-state index is 12.5. The number of hydrogen-bond acceptors (Lipinski definition) is 4. The molecule has 23 heavy (non-hydrogen) atoms. The number of carbonyl (C=O) groups is 2. The van der Waals surface area contributed by atoms with Gasteiger partial charge in [0.2, 0.25) is 0 Å². The number of likely N-dealkylation sites (tertiary alicyclic amines) is 1. The van der Waals surface area contributed by atoms with E-state index in [4.69, 9.17) is 5.11 Å². The highest BCUT2D eigenvalue weighted by molar-refractivity contribution is 5.94. The summed E-state index contributed by atoms with van der Waals surface area (Å²) in [7, 11) is 0. The zero-order valence-corrected chi connectivity index (χ0v) is 12.6. The zero-order valence-electron chi connectivity index (χ0n) is 12.6. The lowest BCUT2D eigenvalue weighted by molar-refractivity contribution is -0.137. The molecule has 3 rings (SSSR count). The molecule has 1 amide bonds. The van der Waals surface area contributed by atoms with E-state index in [0.29, 0.717) is 12.1 Å². The first kappa shape index (κ1) is 15.2. The second kappa shape index (κ2) is 6.60. The molecule has 1 atom stereocenters. The minimum absolute atomic E-state index is 0.00192. The molecule has 120 valence electrons. The smallest absolute Gasteiger partial charge is 0.325 e. The molecule has 0 radical (unpaired) electrons. The van der Waals surface area contributed by atoms with E-state index in [1.807, 2.05) is 11.0 Å². The number of carbonyl (C=O) groups excluding carboxylic acids is 1. The van der Waals surface area contributed by atoms with E-state index >= 15 is 0 Å². The predicted octanol–water partition coefficient (Wildman–Crippen LogP) is 1.38. The fourth-order valence-corrected chi connectivity index (χ4v) is 2.90. The summed E-state index contributed by atoms with van der Waals surface area (Å²) >= 11 is 0. The van der Waals surface area contributed by atoms with Crippen LogP contribution < -0.4 is 0 Å². The second-order valence-corrected chi connectivity index (χ2v) is 5.66. The molecular weight excluding hydrogens is 296 g/mol. The average molecular weight is 314 g/mol. The molecule has 0 aliphatic carbocycles. The summed E-state index contributed by atoms with van der Waals surface area (Å²) in [5.74, 6) is -0.774. The summed E-state index contributed by atoms with van der Waals surface area (Å²) in [4.78, 5) is 29.0. The Morgan fingerprint density at radius 1 is 1.26 bits per heavy atom. The lowest BCUT2D eigenvalue weighted by atomic mass is 9.94. The number of amides is 1. The molecular formula is C16H18N4O3. The van der Waals surface area contributed by atoms with Crippen molar-refractivity contribution in [2.45, 2.75) is 25.3 Å². The van der Waals surface area contributed by atoms with E-state index in [0.717, 1.165) is 25.1 Å². The van der Waals surface area contributed by atoms with Crippen molar-refractivity contribution in [3.63, 3.8) is 0 Å². The number of pyridine rings is 1. The number of carboxylic acids is 1. The molecule has 0 spiro atoms. The second-order valence-electron chi connectivity index (χ2n) is 5.66. The van der Waals surface area contributed by atoms with E-state index in [-0.39, 0.29) is 18.4 Å². The summed E-state index contributed by atoms with van der Waals surface area (Å²) in [6.07, 6.45) is 6.76. The largest absolute Gasteiger partial charge is 0.480 e. The van der Waals surface area contributed by atoms with Crippen LogP contribution >= 0.6 is 0 Å². The van der Waals surface area contributed by atoms with Crippen LogP contribution in [0, 0.1) is 0 Å². The Balaban J connectivity index is 1.69. The topological polar surface area (TPSA) is 88.3 Å². The Kier molecular flexibility index (Phi) is 4.36. The molecule has 1 aliphatic rings. The first-order valence-corrected chi connectivity index (χ1v) is 7.58. The van der Waals surface area contributed by atoms with E-state index in [1.165, 1.54) is 4.68 Å². The van der Waals surface area contributed by atoms with Gasteiger partial charge in [-0.05, 0) is 31.0 Å². The van der Waals surface area contributed by atoms with Gasteiger partial charge in [0.25, 0.3) is 5.91 Å². The van der Waals surface area contributed by atoms with Crippen LogP contribution in [0.3, 0.4) is 0 Å². The average Bonchev–Trinajstić information content (AvgIpc) is 3.03. The van der Waals surface area contributed by atoms with E-state index in [9.17, 15) is 9.59 Å². The minimum Gasteiger partial charge on any atom is -0.480 e. The molecule has 2 aromatic rings. The number of aliphatic carboxylic acids is 1. The fourth-order valence-electron chi connectivity index (χ4n) is 2.90. The number of nitrogens with zero attached hydrogens (tertiary/aromatic N) is 4. The van der Waals surface area contributed by atoms with Gasteiger partial charge in [-0.1, -0.05) is 0 Å². The molecule has 1 aliphatic heterocycles. The molecule has 7 nitrogen and oxygen atoms in total. The van der Waals surface area contributed by atoms with Gasteiger partial charge in [-0.3, -0.25) is 19.3 Å². The van der Waals surface area contributed by atoms with Gasteiger partial charge in [-0.2, -0.15) is 5.10 Å². The van der Waals surface area contributed by atoms with E-state index in [2.05, 4.69) is 10.1 Å². The summed E-state index contributed by atoms with van der Waals surface area (Å²) in [5.41, 5.74) is 1.48. The highest BCUT2D eigenvalue weighted by Crippen LogP contribution is 2.26. The summed E-state index contributed by atoms with van der Waals surface area (Å²) < 4.78 is 1.42. The lowest BCUT2D eigenvalue weighted by Crippen LogP contribution is -2.39. The number of piperidine rings is 1. The standard InChI is InChI=1S/C16H18N4O3/c21-15(22)11-20-9-5-14(18-20)13-2-1-8-19(10-13)16(23)12-3-6-17-7-4-12/h3-7,9,13H,1-2,8,10-11H2,(H,21,22). The Morgan fingerprint density at radius 3 is 2.78 bits per heavy atom. The van der Waals surface area contributed by atoms with Gasteiger partial charge in [-0.15, -0.1) is 0 Å². The summed E-state index contributed by atoms with van der Waals surface area (Å²) in [6, 6.07) is 5.27. The molecule has 0 saturated carbocycles. The van der Waals surface area contributed by atoms with Crippen molar-refractivity contribution in [1.29, 1.82) is 0 Å². The van der Waals surface area contributed by atoms with Gasteiger partial charge in [0, 0.05) is 43.2 Å². The quantitative estimate of drug-likeness (QED) is 0.921. The van der Waals surface area contributed by atoms with Crippen molar-refractivity contribution in [3.05, 3.63) is 48.0 Å². The van der Waals surface area contributed by atoms with Gasteiger partial charge in [0.05, 0.1) is 5.69 Å². The lowest BCUT2D eigenvalue weighted by Gasteiger charge is -2.32. The van der Waals surface area contributed by atoms with Crippen LogP contribution in [0.1, 0.15) is 34.8 Å². The molecule has 1 fully saturated rings. The van der Waals surface area contributed by atoms with Crippen LogP contribution in [0.2, 0.25) is 0 Å². The third kappa shape index (κ3) is 3.56. The van der Waals surface area contributed by atoms with Crippen LogP contribution in [-0.4, -0.2) is 49.7 Å². The Morgan fingerprint density at radius 2 is 2.04 bits per heavy atom. The van der Waals surface area contributed by atoms with Gasteiger partial charge in [0.15, 0.2) is 0 Å². The first-order valence-electron chi connectivity index (χ1n) is 7.58. The maximum atomic E-state index is 12.5. The Labute approximate surface area is 133 Å². The highest BCUT2D eigenvalue weighted by Gasteiger charge is 2.26. The van der Waals surface area contributed by atoms with Gasteiger partial charge in [-0.25, -0.2) is 0 Å². The zero-order chi connectivity index (χ0) is 16.2. The van der Waals surface area contributed by atoms with E-state index in [1.54, 1.807) is 30.7 Å². The van der Waals surface area contributed by atoms with Crippen molar-refractivity contribution in [1.82, 2.24) is 19.7 Å². The van der Waals surface area contributed by atoms with Crippen LogP contribution in [0.15, 0.2) is 36.8 Å². The monoisotopic (exact) mass is 314 g/mol.